The highest BCUT2D eigenvalue weighted by molar-refractivity contribution is 6.31. The maximum atomic E-state index is 12.1. The normalized spacial score (nSPS) is 17.4. The van der Waals surface area contributed by atoms with Gasteiger partial charge in [0.2, 0.25) is 0 Å². The summed E-state index contributed by atoms with van der Waals surface area (Å²) in [5, 5.41) is 5.66. The predicted molar refractivity (Wildman–Crippen MR) is 175 cm³/mol. The molecule has 1 aromatic heterocycles. The maximum absolute atomic E-state index is 12.1. The van der Waals surface area contributed by atoms with Gasteiger partial charge < -0.3 is 36.7 Å². The van der Waals surface area contributed by atoms with Crippen molar-refractivity contribution in [2.75, 3.05) is 51.4 Å². The third-order valence-electron chi connectivity index (χ3n) is 6.68. The van der Waals surface area contributed by atoms with E-state index in [0.29, 0.717) is 23.5 Å². The van der Waals surface area contributed by atoms with E-state index in [4.69, 9.17) is 43.0 Å². The molecule has 1 aliphatic rings. The van der Waals surface area contributed by atoms with Crippen LogP contribution in [0.5, 0.6) is 0 Å². The number of carbonyl (C=O) groups is 1. The molecule has 12 nitrogen and oxygen atoms in total. The number of guanidine groups is 1. The molecular weight excluding hydrogens is 572 g/mol. The molecule has 0 aromatic carbocycles. The fraction of sp³-hybridized carbons (Fsp3) is 0.800. The minimum absolute atomic E-state index is 0.00479. The minimum atomic E-state index is -0.628. The first-order valence-electron chi connectivity index (χ1n) is 15.3. The van der Waals surface area contributed by atoms with Crippen LogP contribution in [0.4, 0.5) is 11.6 Å². The van der Waals surface area contributed by atoms with Crippen LogP contribution in [0.2, 0.25) is 5.15 Å². The standard InChI is InChI=1S/C19H34ClN7O.C11H23NO3/c1-18(2,3)11-19(4,5)9-7-6-8-10-24-17(23)27-16(28)12-14(21)26-15(22)13(20)25-12;1-10-14-9-11(15-10)5-3-4-6-12-7-8-13-2/h6-11H2,1-5H3,(H4,21,22,26)(H3,23,24,27,28);10-12H,3-9H2,1-2H3. The van der Waals surface area contributed by atoms with Crippen LogP contribution in [0.25, 0.3) is 0 Å². The number of ether oxygens (including phenoxy) is 3. The third-order valence-corrected chi connectivity index (χ3v) is 6.96. The average molecular weight is 629 g/mol. The number of hydrogen-bond donors (Lipinski definition) is 5. The van der Waals surface area contributed by atoms with E-state index in [1.165, 1.54) is 25.7 Å². The SMILES string of the molecule is CC(C)(C)CC(C)(C)CCCCCN=C(N)NC(=O)c1nc(Cl)c(N)nc1N.COCCNCCCCC1COC(C)O1. The maximum Gasteiger partial charge on any atom is 0.280 e. The molecule has 0 bridgehead atoms. The summed E-state index contributed by atoms with van der Waals surface area (Å²) < 4.78 is 15.8. The second-order valence-electron chi connectivity index (χ2n) is 13.0. The number of hydrogen-bond acceptors (Lipinski definition) is 10. The zero-order valence-electron chi connectivity index (χ0n) is 27.4. The molecule has 1 amide bonds. The summed E-state index contributed by atoms with van der Waals surface area (Å²) in [4.78, 5) is 23.9. The van der Waals surface area contributed by atoms with Crippen molar-refractivity contribution in [1.82, 2.24) is 20.6 Å². The van der Waals surface area contributed by atoms with Gasteiger partial charge in [-0.05, 0) is 62.8 Å². The number of nitrogens with zero attached hydrogens (tertiary/aromatic N) is 3. The van der Waals surface area contributed by atoms with Crippen molar-refractivity contribution >= 4 is 35.1 Å². The fourth-order valence-corrected chi connectivity index (χ4v) is 5.23. The molecule has 2 atom stereocenters. The van der Waals surface area contributed by atoms with Crippen LogP contribution in [0.3, 0.4) is 0 Å². The van der Waals surface area contributed by atoms with Crippen LogP contribution in [0, 0.1) is 10.8 Å². The molecule has 0 spiro atoms. The molecule has 0 saturated carbocycles. The number of halogens is 1. The summed E-state index contributed by atoms with van der Waals surface area (Å²) in [5.74, 6) is -0.780. The van der Waals surface area contributed by atoms with E-state index >= 15 is 0 Å². The predicted octanol–water partition coefficient (Wildman–Crippen LogP) is 4.52. The van der Waals surface area contributed by atoms with Gasteiger partial charge in [0.15, 0.2) is 34.7 Å². The van der Waals surface area contributed by atoms with Gasteiger partial charge >= 0.3 is 0 Å². The number of nitrogens with two attached hydrogens (primary N) is 3. The van der Waals surface area contributed by atoms with Gasteiger partial charge in [-0.3, -0.25) is 15.1 Å². The monoisotopic (exact) mass is 628 g/mol. The Hall–Kier alpha value is -2.25. The van der Waals surface area contributed by atoms with Gasteiger partial charge in [-0.15, -0.1) is 0 Å². The number of nitrogen functional groups attached to an aromatic ring is 2. The van der Waals surface area contributed by atoms with Gasteiger partial charge in [-0.25, -0.2) is 9.97 Å². The van der Waals surface area contributed by atoms with Crippen LogP contribution in [0.15, 0.2) is 4.99 Å². The largest absolute Gasteiger partial charge is 0.383 e. The molecule has 1 saturated heterocycles. The summed E-state index contributed by atoms with van der Waals surface area (Å²) in [6, 6.07) is 0. The first-order valence-corrected chi connectivity index (χ1v) is 15.7. The zero-order valence-corrected chi connectivity index (χ0v) is 28.2. The molecule has 2 rings (SSSR count). The van der Waals surface area contributed by atoms with E-state index in [2.05, 4.69) is 60.2 Å². The minimum Gasteiger partial charge on any atom is -0.383 e. The number of aromatic nitrogens is 2. The van der Waals surface area contributed by atoms with Crippen LogP contribution in [-0.4, -0.2) is 74.2 Å². The molecule has 0 aliphatic carbocycles. The molecule has 1 aromatic rings. The second kappa shape index (κ2) is 19.9. The van der Waals surface area contributed by atoms with E-state index in [1.807, 2.05) is 6.92 Å². The Balaban J connectivity index is 0.000000517. The van der Waals surface area contributed by atoms with Crippen molar-refractivity contribution in [1.29, 1.82) is 0 Å². The number of rotatable bonds is 16. The molecule has 43 heavy (non-hydrogen) atoms. The Morgan fingerprint density at radius 2 is 1.79 bits per heavy atom. The van der Waals surface area contributed by atoms with Gasteiger partial charge in [0, 0.05) is 20.2 Å². The lowest BCUT2D eigenvalue weighted by Crippen LogP contribution is -2.38. The Labute approximate surface area is 263 Å². The average Bonchev–Trinajstić information content (AvgIpc) is 3.31. The van der Waals surface area contributed by atoms with Crippen molar-refractivity contribution in [2.24, 2.45) is 21.6 Å². The Kier molecular flexibility index (Phi) is 18.0. The molecule has 0 radical (unpaired) electrons. The van der Waals surface area contributed by atoms with Crippen molar-refractivity contribution in [3.63, 3.8) is 0 Å². The van der Waals surface area contributed by atoms with Gasteiger partial charge in [-0.2, -0.15) is 0 Å². The highest BCUT2D eigenvalue weighted by Crippen LogP contribution is 2.37. The highest BCUT2D eigenvalue weighted by atomic mass is 35.5. The number of nitrogens with one attached hydrogen (secondary N) is 2. The van der Waals surface area contributed by atoms with E-state index in [9.17, 15) is 4.79 Å². The molecule has 248 valence electrons. The first-order chi connectivity index (χ1) is 20.1. The van der Waals surface area contributed by atoms with Gasteiger partial charge in [0.1, 0.15) is 0 Å². The first kappa shape index (κ1) is 38.8. The topological polar surface area (TPSA) is 185 Å². The molecular formula is C30H57ClN8O4. The smallest absolute Gasteiger partial charge is 0.280 e. The highest BCUT2D eigenvalue weighted by Gasteiger charge is 2.25. The molecule has 1 fully saturated rings. The summed E-state index contributed by atoms with van der Waals surface area (Å²) >= 11 is 5.77. The molecule has 2 heterocycles. The molecule has 1 aliphatic heterocycles. The van der Waals surface area contributed by atoms with Gasteiger partial charge in [-0.1, -0.05) is 59.1 Å². The molecule has 13 heteroatoms. The lowest BCUT2D eigenvalue weighted by atomic mass is 9.73. The Morgan fingerprint density at radius 1 is 1.07 bits per heavy atom. The number of unbranched alkanes of at least 4 members (excludes halogenated alkanes) is 3. The quantitative estimate of drug-likeness (QED) is 0.0990. The number of anilines is 2. The van der Waals surface area contributed by atoms with E-state index in [-0.39, 0.29) is 34.7 Å². The fourth-order valence-electron chi connectivity index (χ4n) is 5.10. The van der Waals surface area contributed by atoms with Crippen molar-refractivity contribution in [3.05, 3.63) is 10.8 Å². The van der Waals surface area contributed by atoms with Gasteiger partial charge in [0.25, 0.3) is 5.91 Å². The second-order valence-corrected chi connectivity index (χ2v) is 13.3. The van der Waals surface area contributed by atoms with E-state index in [0.717, 1.165) is 52.0 Å². The summed E-state index contributed by atoms with van der Waals surface area (Å²) in [6.45, 7) is 17.5. The number of aliphatic imine (C=N–C) groups is 1. The number of methoxy groups -OCH3 is 1. The lowest BCUT2D eigenvalue weighted by molar-refractivity contribution is -0.0434. The van der Waals surface area contributed by atoms with Crippen molar-refractivity contribution < 1.29 is 19.0 Å². The number of carbonyl (C=O) groups excluding carboxylic acids is 1. The Bertz CT molecular complexity index is 988. The van der Waals surface area contributed by atoms with Crippen LogP contribution in [-0.2, 0) is 14.2 Å². The lowest BCUT2D eigenvalue weighted by Gasteiger charge is -2.32. The van der Waals surface area contributed by atoms with Gasteiger partial charge in [0.05, 0.1) is 19.3 Å². The summed E-state index contributed by atoms with van der Waals surface area (Å²) in [6.07, 6.45) is 9.28. The summed E-state index contributed by atoms with van der Waals surface area (Å²) in [7, 11) is 1.72. The third kappa shape index (κ3) is 18.2. The van der Waals surface area contributed by atoms with Crippen LogP contribution in [0.1, 0.15) is 103 Å². The van der Waals surface area contributed by atoms with E-state index in [1.54, 1.807) is 7.11 Å². The zero-order chi connectivity index (χ0) is 32.5. The van der Waals surface area contributed by atoms with Crippen molar-refractivity contribution in [3.8, 4) is 0 Å². The molecule has 2 unspecified atom stereocenters. The van der Waals surface area contributed by atoms with Crippen molar-refractivity contribution in [2.45, 2.75) is 105 Å². The van der Waals surface area contributed by atoms with Crippen LogP contribution >= 0.6 is 11.6 Å². The van der Waals surface area contributed by atoms with E-state index < -0.39 is 5.91 Å². The molecule has 8 N–H and O–H groups in total. The Morgan fingerprint density at radius 3 is 2.42 bits per heavy atom. The summed E-state index contributed by atoms with van der Waals surface area (Å²) in [5.41, 5.74) is 17.4. The van der Waals surface area contributed by atoms with Crippen LogP contribution < -0.4 is 27.8 Å². The number of amides is 1.